The van der Waals surface area contributed by atoms with E-state index in [1.165, 1.54) is 0 Å². The van der Waals surface area contributed by atoms with Crippen LogP contribution in [0.5, 0.6) is 11.5 Å². The number of anilines is 1. The van der Waals surface area contributed by atoms with E-state index in [-0.39, 0.29) is 18.9 Å². The van der Waals surface area contributed by atoms with Crippen LogP contribution in [0.4, 0.5) is 5.69 Å². The maximum Gasteiger partial charge on any atom is 0.307 e. The number of carbonyl (C=O) groups excluding carboxylic acids is 1. The molecule has 0 aliphatic heterocycles. The molecule has 0 saturated carbocycles. The van der Waals surface area contributed by atoms with Crippen molar-refractivity contribution in [2.45, 2.75) is 6.42 Å². The van der Waals surface area contributed by atoms with Crippen LogP contribution in [-0.4, -0.2) is 30.7 Å². The molecule has 23 heavy (non-hydrogen) atoms. The number of benzene rings is 2. The fraction of sp³-hybridized carbons (Fsp3) is 0.176. The monoisotopic (exact) mass is 315 g/mol. The SMILES string of the molecule is COc1cccc(OCC(=O)Nc2ccc(CC(=O)O)cc2)c1. The Kier molecular flexibility index (Phi) is 5.57. The number of carboxylic acids is 1. The number of methoxy groups -OCH3 is 1. The number of carboxylic acid groups (broad SMARTS) is 1. The van der Waals surface area contributed by atoms with Crippen LogP contribution in [0.3, 0.4) is 0 Å². The second kappa shape index (κ2) is 7.84. The number of amides is 1. The van der Waals surface area contributed by atoms with Crippen molar-refractivity contribution in [2.75, 3.05) is 19.0 Å². The molecule has 0 aliphatic rings. The Morgan fingerprint density at radius 3 is 2.43 bits per heavy atom. The summed E-state index contributed by atoms with van der Waals surface area (Å²) < 4.78 is 10.5. The molecule has 0 heterocycles. The molecule has 0 bridgehead atoms. The summed E-state index contributed by atoms with van der Waals surface area (Å²) in [6.07, 6.45) is -0.0484. The zero-order valence-corrected chi connectivity index (χ0v) is 12.6. The van der Waals surface area contributed by atoms with Gasteiger partial charge in [0.1, 0.15) is 11.5 Å². The molecule has 120 valence electrons. The van der Waals surface area contributed by atoms with Crippen molar-refractivity contribution in [3.05, 3.63) is 54.1 Å². The highest BCUT2D eigenvalue weighted by Crippen LogP contribution is 2.18. The van der Waals surface area contributed by atoms with E-state index in [1.807, 2.05) is 0 Å². The minimum Gasteiger partial charge on any atom is -0.497 e. The molecule has 2 N–H and O–H groups in total. The highest BCUT2D eigenvalue weighted by molar-refractivity contribution is 5.91. The summed E-state index contributed by atoms with van der Waals surface area (Å²) in [5, 5.41) is 11.4. The lowest BCUT2D eigenvalue weighted by Gasteiger charge is -2.09. The summed E-state index contributed by atoms with van der Waals surface area (Å²) in [5.41, 5.74) is 1.25. The van der Waals surface area contributed by atoms with Gasteiger partial charge >= 0.3 is 5.97 Å². The Hall–Kier alpha value is -3.02. The second-order valence-electron chi connectivity index (χ2n) is 4.78. The predicted molar refractivity (Wildman–Crippen MR) is 84.9 cm³/mol. The molecule has 0 spiro atoms. The van der Waals surface area contributed by atoms with E-state index < -0.39 is 5.97 Å². The Bertz CT molecular complexity index is 682. The molecule has 0 radical (unpaired) electrons. The second-order valence-corrected chi connectivity index (χ2v) is 4.78. The highest BCUT2D eigenvalue weighted by Gasteiger charge is 2.05. The molecule has 0 aliphatic carbocycles. The predicted octanol–water partition coefficient (Wildman–Crippen LogP) is 2.34. The molecule has 0 saturated heterocycles. The third kappa shape index (κ3) is 5.35. The summed E-state index contributed by atoms with van der Waals surface area (Å²) in [6, 6.07) is 13.6. The van der Waals surface area contributed by atoms with Gasteiger partial charge in [-0.3, -0.25) is 9.59 Å². The van der Waals surface area contributed by atoms with Gasteiger partial charge in [0.25, 0.3) is 5.91 Å². The van der Waals surface area contributed by atoms with E-state index in [2.05, 4.69) is 5.32 Å². The van der Waals surface area contributed by atoms with Crippen molar-refractivity contribution < 1.29 is 24.2 Å². The van der Waals surface area contributed by atoms with Crippen LogP contribution in [0.15, 0.2) is 48.5 Å². The summed E-state index contributed by atoms with van der Waals surface area (Å²) in [5.74, 6) is -0.0134. The Labute approximate surface area is 133 Å². The molecule has 6 heteroatoms. The van der Waals surface area contributed by atoms with E-state index in [0.717, 1.165) is 0 Å². The molecule has 1 amide bonds. The number of hydrogen-bond acceptors (Lipinski definition) is 4. The van der Waals surface area contributed by atoms with E-state index >= 15 is 0 Å². The third-order valence-corrected chi connectivity index (χ3v) is 3.00. The highest BCUT2D eigenvalue weighted by atomic mass is 16.5. The smallest absolute Gasteiger partial charge is 0.307 e. The summed E-state index contributed by atoms with van der Waals surface area (Å²) in [6.45, 7) is -0.135. The van der Waals surface area contributed by atoms with Gasteiger partial charge in [-0.15, -0.1) is 0 Å². The van der Waals surface area contributed by atoms with E-state index in [1.54, 1.807) is 55.6 Å². The van der Waals surface area contributed by atoms with Crippen LogP contribution < -0.4 is 14.8 Å². The fourth-order valence-electron chi connectivity index (χ4n) is 1.92. The summed E-state index contributed by atoms with van der Waals surface area (Å²) in [4.78, 5) is 22.4. The molecule has 2 aromatic carbocycles. The van der Waals surface area contributed by atoms with Gasteiger partial charge in [0.2, 0.25) is 0 Å². The van der Waals surface area contributed by atoms with Crippen LogP contribution in [0.1, 0.15) is 5.56 Å². The standard InChI is InChI=1S/C17H17NO5/c1-22-14-3-2-4-15(10-14)23-11-16(19)18-13-7-5-12(6-8-13)9-17(20)21/h2-8,10H,9,11H2,1H3,(H,18,19)(H,20,21). The zero-order chi connectivity index (χ0) is 16.7. The van der Waals surface area contributed by atoms with Gasteiger partial charge in [-0.05, 0) is 29.8 Å². The number of hydrogen-bond donors (Lipinski definition) is 2. The van der Waals surface area contributed by atoms with Crippen molar-refractivity contribution in [1.29, 1.82) is 0 Å². The van der Waals surface area contributed by atoms with Crippen molar-refractivity contribution in [3.8, 4) is 11.5 Å². The van der Waals surface area contributed by atoms with Gasteiger partial charge in [-0.25, -0.2) is 0 Å². The summed E-state index contributed by atoms with van der Waals surface area (Å²) in [7, 11) is 1.56. The largest absolute Gasteiger partial charge is 0.497 e. The van der Waals surface area contributed by atoms with E-state index in [4.69, 9.17) is 14.6 Å². The first kappa shape index (κ1) is 16.4. The average molecular weight is 315 g/mol. The lowest BCUT2D eigenvalue weighted by atomic mass is 10.1. The number of ether oxygens (including phenoxy) is 2. The Balaban J connectivity index is 1.85. The first-order valence-electron chi connectivity index (χ1n) is 6.94. The van der Waals surface area contributed by atoms with Crippen LogP contribution in [0, 0.1) is 0 Å². The molecule has 0 unspecified atom stereocenters. The van der Waals surface area contributed by atoms with Crippen molar-refractivity contribution in [1.82, 2.24) is 0 Å². The molecular weight excluding hydrogens is 298 g/mol. The number of carbonyl (C=O) groups is 2. The first-order chi connectivity index (χ1) is 11.1. The Morgan fingerprint density at radius 1 is 1.09 bits per heavy atom. The molecule has 2 aromatic rings. The number of aliphatic carboxylic acids is 1. The van der Waals surface area contributed by atoms with Crippen LogP contribution in [0.25, 0.3) is 0 Å². The zero-order valence-electron chi connectivity index (χ0n) is 12.6. The van der Waals surface area contributed by atoms with E-state index in [0.29, 0.717) is 22.7 Å². The number of nitrogens with one attached hydrogen (secondary N) is 1. The summed E-state index contributed by atoms with van der Waals surface area (Å²) >= 11 is 0. The first-order valence-corrected chi connectivity index (χ1v) is 6.94. The normalized spacial score (nSPS) is 9.96. The minimum absolute atomic E-state index is 0.0484. The maximum atomic E-state index is 11.8. The van der Waals surface area contributed by atoms with Crippen LogP contribution >= 0.6 is 0 Å². The van der Waals surface area contributed by atoms with Crippen LogP contribution in [-0.2, 0) is 16.0 Å². The van der Waals surface area contributed by atoms with Crippen molar-refractivity contribution in [3.63, 3.8) is 0 Å². The molecule has 0 atom stereocenters. The molecule has 2 rings (SSSR count). The Morgan fingerprint density at radius 2 is 1.78 bits per heavy atom. The van der Waals surface area contributed by atoms with Crippen molar-refractivity contribution >= 4 is 17.6 Å². The fourth-order valence-corrected chi connectivity index (χ4v) is 1.92. The topological polar surface area (TPSA) is 84.9 Å². The van der Waals surface area contributed by atoms with Crippen LogP contribution in [0.2, 0.25) is 0 Å². The van der Waals surface area contributed by atoms with E-state index in [9.17, 15) is 9.59 Å². The lowest BCUT2D eigenvalue weighted by Crippen LogP contribution is -2.20. The van der Waals surface area contributed by atoms with Gasteiger partial charge in [0, 0.05) is 11.8 Å². The lowest BCUT2D eigenvalue weighted by molar-refractivity contribution is -0.136. The molecule has 6 nitrogen and oxygen atoms in total. The van der Waals surface area contributed by atoms with Gasteiger partial charge < -0.3 is 19.9 Å². The number of rotatable bonds is 7. The molecule has 0 aromatic heterocycles. The average Bonchev–Trinajstić information content (AvgIpc) is 2.54. The van der Waals surface area contributed by atoms with Gasteiger partial charge in [0.15, 0.2) is 6.61 Å². The quantitative estimate of drug-likeness (QED) is 0.819. The maximum absolute atomic E-state index is 11.8. The van der Waals surface area contributed by atoms with Crippen molar-refractivity contribution in [2.24, 2.45) is 0 Å². The third-order valence-electron chi connectivity index (χ3n) is 3.00. The van der Waals surface area contributed by atoms with Gasteiger partial charge in [-0.1, -0.05) is 18.2 Å². The molecule has 0 fully saturated rings. The van der Waals surface area contributed by atoms with Gasteiger partial charge in [0.05, 0.1) is 13.5 Å². The van der Waals surface area contributed by atoms with Gasteiger partial charge in [-0.2, -0.15) is 0 Å². The minimum atomic E-state index is -0.895. The molecular formula is C17H17NO5.